The smallest absolute Gasteiger partial charge is 0.0592 e. The fraction of sp³-hybridized carbons (Fsp3) is 0.400. The fourth-order valence-electron chi connectivity index (χ4n) is 1.28. The van der Waals surface area contributed by atoms with Gasteiger partial charge in [-0.05, 0) is 38.1 Å². The number of halogens is 3. The summed E-state index contributed by atoms with van der Waals surface area (Å²) in [7, 11) is 0. The Bertz CT molecular complexity index is 426. The first kappa shape index (κ1) is 20.0. The zero-order valence-corrected chi connectivity index (χ0v) is 15.9. The van der Waals surface area contributed by atoms with Crippen LogP contribution in [0, 0.1) is 5.92 Å². The summed E-state index contributed by atoms with van der Waals surface area (Å²) >= 11 is 16.4. The van der Waals surface area contributed by atoms with Crippen molar-refractivity contribution in [2.75, 3.05) is 4.66 Å². The van der Waals surface area contributed by atoms with Crippen LogP contribution in [-0.4, -0.2) is 11.4 Å². The lowest BCUT2D eigenvalue weighted by atomic mass is 10.1. The maximum Gasteiger partial charge on any atom is 0.0592 e. The van der Waals surface area contributed by atoms with Crippen molar-refractivity contribution in [3.8, 4) is 0 Å². The van der Waals surface area contributed by atoms with Crippen molar-refractivity contribution < 1.29 is 0 Å². The Hall–Kier alpha value is 0.0400. The Balaban J connectivity index is 0.000000388. The van der Waals surface area contributed by atoms with Gasteiger partial charge in [0.05, 0.1) is 14.7 Å². The van der Waals surface area contributed by atoms with Crippen LogP contribution in [0.2, 0.25) is 10.0 Å². The number of nitrogens with zero attached hydrogens (tertiary/aromatic N) is 1. The SMILES string of the molecule is C=N/C(C)=C(/CC(C)C)SCBr.Clc1ccccc1Cl. The molecule has 0 radical (unpaired) electrons. The topological polar surface area (TPSA) is 12.4 Å². The molecule has 112 valence electrons. The van der Waals surface area contributed by atoms with Gasteiger partial charge in [0, 0.05) is 10.6 Å². The molecule has 0 saturated carbocycles. The van der Waals surface area contributed by atoms with Gasteiger partial charge in [-0.1, -0.05) is 65.1 Å². The van der Waals surface area contributed by atoms with Gasteiger partial charge in [-0.15, -0.1) is 11.8 Å². The number of benzene rings is 1. The predicted octanol–water partition coefficient (Wildman–Crippen LogP) is 7.04. The first-order valence-corrected chi connectivity index (χ1v) is 9.03. The highest BCUT2D eigenvalue weighted by atomic mass is 79.9. The molecule has 0 aliphatic carbocycles. The Morgan fingerprint density at radius 2 is 1.80 bits per heavy atom. The highest BCUT2D eigenvalue weighted by Crippen LogP contribution is 2.28. The average Bonchev–Trinajstić information content (AvgIpc) is 2.41. The van der Waals surface area contributed by atoms with Gasteiger partial charge in [0.1, 0.15) is 0 Å². The van der Waals surface area contributed by atoms with Crippen LogP contribution in [0.5, 0.6) is 0 Å². The Morgan fingerprint density at radius 3 is 2.10 bits per heavy atom. The number of allylic oxidation sites excluding steroid dienone is 2. The molecule has 1 aromatic carbocycles. The van der Waals surface area contributed by atoms with Crippen LogP contribution < -0.4 is 0 Å². The summed E-state index contributed by atoms with van der Waals surface area (Å²) in [6.45, 7) is 9.98. The number of aliphatic imine (C=N–C) groups is 1. The summed E-state index contributed by atoms with van der Waals surface area (Å²) in [4.78, 5) is 5.29. The van der Waals surface area contributed by atoms with Crippen molar-refractivity contribution >= 4 is 57.6 Å². The fourth-order valence-corrected chi connectivity index (χ4v) is 3.23. The zero-order valence-electron chi connectivity index (χ0n) is 12.0. The van der Waals surface area contributed by atoms with Gasteiger partial charge in [-0.3, -0.25) is 4.99 Å². The summed E-state index contributed by atoms with van der Waals surface area (Å²) in [5.41, 5.74) is 1.06. The highest BCUT2D eigenvalue weighted by Gasteiger charge is 2.04. The Labute approximate surface area is 145 Å². The molecule has 1 rings (SSSR count). The summed E-state index contributed by atoms with van der Waals surface area (Å²) in [5.74, 6) is 0.684. The number of thioether (sulfide) groups is 1. The lowest BCUT2D eigenvalue weighted by Gasteiger charge is -2.09. The second kappa shape index (κ2) is 11.7. The normalized spacial score (nSPS) is 11.6. The minimum Gasteiger partial charge on any atom is -0.269 e. The minimum absolute atomic E-state index is 0.606. The standard InChI is InChI=1S/C9H16BrNS.C6H4Cl2/c1-7(2)5-9(12-6-10)8(3)11-4;7-5-3-1-2-4-6(5)8/h7H,4-6H2,1-3H3;1-4H/b9-8-;. The van der Waals surface area contributed by atoms with Crippen molar-refractivity contribution in [1.82, 2.24) is 0 Å². The molecule has 1 aromatic rings. The van der Waals surface area contributed by atoms with Crippen LogP contribution in [0.4, 0.5) is 0 Å². The van der Waals surface area contributed by atoms with Gasteiger partial charge in [0.25, 0.3) is 0 Å². The van der Waals surface area contributed by atoms with E-state index in [9.17, 15) is 0 Å². The van der Waals surface area contributed by atoms with E-state index in [1.54, 1.807) is 23.9 Å². The molecule has 0 amide bonds. The molecule has 5 heteroatoms. The van der Waals surface area contributed by atoms with Gasteiger partial charge >= 0.3 is 0 Å². The van der Waals surface area contributed by atoms with Crippen molar-refractivity contribution in [2.45, 2.75) is 27.2 Å². The van der Waals surface area contributed by atoms with Crippen molar-refractivity contribution in [3.05, 3.63) is 44.9 Å². The van der Waals surface area contributed by atoms with Crippen LogP contribution in [0.15, 0.2) is 39.9 Å². The van der Waals surface area contributed by atoms with Gasteiger partial charge in [0.15, 0.2) is 0 Å². The maximum absolute atomic E-state index is 5.58. The molecule has 0 unspecified atom stereocenters. The molecule has 1 nitrogen and oxygen atoms in total. The van der Waals surface area contributed by atoms with E-state index >= 15 is 0 Å². The largest absolute Gasteiger partial charge is 0.269 e. The van der Waals surface area contributed by atoms with Crippen LogP contribution >= 0.6 is 50.9 Å². The Kier molecular flexibility index (Phi) is 11.7. The highest BCUT2D eigenvalue weighted by molar-refractivity contribution is 9.11. The summed E-state index contributed by atoms with van der Waals surface area (Å²) in [5, 5.41) is 1.21. The second-order valence-electron chi connectivity index (χ2n) is 4.43. The molecule has 0 aromatic heterocycles. The van der Waals surface area contributed by atoms with Gasteiger partial charge in [0.2, 0.25) is 0 Å². The van der Waals surface area contributed by atoms with E-state index in [4.69, 9.17) is 23.2 Å². The van der Waals surface area contributed by atoms with Gasteiger partial charge in [-0.2, -0.15) is 0 Å². The van der Waals surface area contributed by atoms with E-state index in [0.29, 0.717) is 16.0 Å². The molecule has 0 atom stereocenters. The molecule has 0 saturated heterocycles. The van der Waals surface area contributed by atoms with E-state index in [2.05, 4.69) is 41.5 Å². The molecule has 0 bridgehead atoms. The maximum atomic E-state index is 5.58. The first-order chi connectivity index (χ1) is 9.42. The monoisotopic (exact) mass is 395 g/mol. The van der Waals surface area contributed by atoms with Crippen LogP contribution in [0.3, 0.4) is 0 Å². The minimum atomic E-state index is 0.606. The zero-order chi connectivity index (χ0) is 15.5. The molecule has 0 heterocycles. The number of alkyl halides is 1. The third-order valence-electron chi connectivity index (χ3n) is 2.29. The summed E-state index contributed by atoms with van der Waals surface area (Å²) < 4.78 is 0.932. The average molecular weight is 397 g/mol. The van der Waals surface area contributed by atoms with Crippen LogP contribution in [0.25, 0.3) is 0 Å². The van der Waals surface area contributed by atoms with E-state index in [1.807, 2.05) is 19.1 Å². The van der Waals surface area contributed by atoms with Crippen molar-refractivity contribution in [1.29, 1.82) is 0 Å². The van der Waals surface area contributed by atoms with Crippen LogP contribution in [0.1, 0.15) is 27.2 Å². The molecular weight excluding hydrogens is 377 g/mol. The summed E-state index contributed by atoms with van der Waals surface area (Å²) in [6, 6.07) is 7.19. The molecule has 0 aliphatic heterocycles. The van der Waals surface area contributed by atoms with Crippen LogP contribution in [-0.2, 0) is 0 Å². The van der Waals surface area contributed by atoms with Gasteiger partial charge < -0.3 is 0 Å². The molecule has 0 aliphatic rings. The molecule has 0 spiro atoms. The number of hydrogen-bond donors (Lipinski definition) is 0. The van der Waals surface area contributed by atoms with Gasteiger partial charge in [-0.25, -0.2) is 0 Å². The second-order valence-corrected chi connectivity index (χ2v) is 7.62. The molecule has 20 heavy (non-hydrogen) atoms. The van der Waals surface area contributed by atoms with Crippen molar-refractivity contribution in [3.63, 3.8) is 0 Å². The van der Waals surface area contributed by atoms with E-state index in [0.717, 1.165) is 16.8 Å². The van der Waals surface area contributed by atoms with E-state index in [1.165, 1.54) is 4.91 Å². The number of rotatable bonds is 5. The lowest BCUT2D eigenvalue weighted by molar-refractivity contribution is 0.655. The van der Waals surface area contributed by atoms with Crippen molar-refractivity contribution in [2.24, 2.45) is 10.9 Å². The van der Waals surface area contributed by atoms with E-state index < -0.39 is 0 Å². The van der Waals surface area contributed by atoms with E-state index in [-0.39, 0.29) is 0 Å². The number of hydrogen-bond acceptors (Lipinski definition) is 2. The molecule has 0 fully saturated rings. The molecule has 0 N–H and O–H groups in total. The Morgan fingerprint density at radius 1 is 1.30 bits per heavy atom. The first-order valence-electron chi connectivity index (χ1n) is 6.17. The third-order valence-corrected chi connectivity index (χ3v) is 4.65. The predicted molar refractivity (Wildman–Crippen MR) is 99.6 cm³/mol. The molecular formula is C15H20BrCl2NS. The lowest BCUT2D eigenvalue weighted by Crippen LogP contribution is -1.91. The third kappa shape index (κ3) is 9.06. The quantitative estimate of drug-likeness (QED) is 0.383. The summed E-state index contributed by atoms with van der Waals surface area (Å²) in [6.07, 6.45) is 1.10.